The smallest absolute Gasteiger partial charge is 0.243 e. The summed E-state index contributed by atoms with van der Waals surface area (Å²) in [6, 6.07) is -0.707. The zero-order chi connectivity index (χ0) is 69.3. The summed E-state index contributed by atoms with van der Waals surface area (Å²) >= 11 is 0.802. The molecule has 95 heavy (non-hydrogen) atoms. The first kappa shape index (κ1) is 75.7. The van der Waals surface area contributed by atoms with Crippen molar-refractivity contribution in [2.24, 2.45) is 0 Å². The zero-order valence-corrected chi connectivity index (χ0v) is 52.4. The third-order valence-electron chi connectivity index (χ3n) is 19.1. The molecule has 23 rings (SSSR count). The molecule has 23 aliphatic heterocycles. The van der Waals surface area contributed by atoms with E-state index in [0.717, 1.165) is 21.7 Å². The normalized spacial score (nSPS) is 51.4. The van der Waals surface area contributed by atoms with E-state index in [1.165, 1.54) is 0 Å². The van der Waals surface area contributed by atoms with Crippen LogP contribution in [0, 0.1) is 0 Å². The van der Waals surface area contributed by atoms with E-state index in [0.29, 0.717) is 0 Å². The third kappa shape index (κ3) is 14.7. The molecule has 0 saturated carbocycles. The first-order chi connectivity index (χ1) is 44.8. The molecule has 1 radical (unpaired) electrons. The van der Waals surface area contributed by atoms with Crippen molar-refractivity contribution in [2.75, 3.05) is 45.4 Å². The van der Waals surface area contributed by atoms with Crippen LogP contribution in [0.2, 0.25) is 0 Å². The van der Waals surface area contributed by atoms with E-state index in [4.69, 9.17) is 66.3 Å². The van der Waals surface area contributed by atoms with Gasteiger partial charge in [0.15, 0.2) is 44.0 Å². The number of imide groups is 1. The second kappa shape index (κ2) is 30.5. The summed E-state index contributed by atoms with van der Waals surface area (Å²) in [6.07, 6.45) is -72.1. The van der Waals surface area contributed by atoms with E-state index in [9.17, 15) is 117 Å². The van der Waals surface area contributed by atoms with E-state index in [2.05, 4.69) is 0 Å². The van der Waals surface area contributed by atoms with Crippen molar-refractivity contribution >= 4 is 23.6 Å². The average molecular weight is 1400 g/mol. The van der Waals surface area contributed by atoms with Gasteiger partial charge in [-0.05, 0) is 40.5 Å². The van der Waals surface area contributed by atoms with Gasteiger partial charge in [0, 0.05) is 29.3 Å². The highest BCUT2D eigenvalue weighted by Crippen LogP contribution is 2.44. The average Bonchev–Trinajstić information content (AvgIpc) is 1.76. The van der Waals surface area contributed by atoms with Crippen LogP contribution in [0.15, 0.2) is 0 Å². The summed E-state index contributed by atoms with van der Waals surface area (Å²) in [5, 5.41) is 239. The molecule has 0 aromatic carbocycles. The maximum absolute atomic E-state index is 14.3. The van der Waals surface area contributed by atoms with E-state index in [1.54, 1.807) is 27.7 Å². The first-order valence-electron chi connectivity index (χ1n) is 31.1. The molecule has 23 saturated heterocycles. The molecule has 40 heteroatoms. The van der Waals surface area contributed by atoms with Gasteiger partial charge in [0.1, 0.15) is 165 Å². The molecule has 20 N–H and O–H groups in total. The van der Waals surface area contributed by atoms with Gasteiger partial charge < -0.3 is 168 Å². The lowest BCUT2D eigenvalue weighted by Crippen LogP contribution is -2.68. The Morgan fingerprint density at radius 3 is 0.779 bits per heavy atom. The number of ether oxygens (including phenoxy) is 14. The minimum atomic E-state index is -2.29. The SMILES string of the molecule is CC1(C)CC(N2C(=O)CC(SC[C@@H]3O[C@@H]4O[C@H]5[C@@H](O)[C@H](O)[C@@H](O[C@H]6[C@H](O)[C@H](O)[C@@H](O[C@H]7[C@H](O)[C@@H](O)[C@@H](O[C@H]8[C@H](O)[C@@H](O)[C@@H](O[C@H]9[C@H](O)[C@@H](O)[C@@H](O[C@H]%10[C@H](O)[C@@H](O)[C@@H](O[C@H]3[C@H](O)[C@H]4O)O[C@H]%10CO)O[C@H]9CO)O[C@H]8CO)O[C@@H]7CO)O[C@@H]6CO)O[C@@H]5CO)C2=O)CC(C)(C)N1[O]. The Bertz CT molecular complexity index is 2510. The number of hydrogen-bond acceptors (Lipinski definition) is 38. The number of carbonyl (C=O) groups excluding carboxylic acids is 2. The van der Waals surface area contributed by atoms with Gasteiger partial charge >= 0.3 is 0 Å². The minimum absolute atomic E-state index is 0.124. The monoisotopic (exact) mass is 1400 g/mol. The van der Waals surface area contributed by atoms with E-state index < -0.39 is 295 Å². The number of carbonyl (C=O) groups is 2. The van der Waals surface area contributed by atoms with Crippen molar-refractivity contribution in [3.8, 4) is 0 Å². The molecule has 547 valence electrons. The molecule has 0 aliphatic carbocycles. The Hall–Kier alpha value is -1.95. The van der Waals surface area contributed by atoms with E-state index in [-0.39, 0.29) is 19.3 Å². The highest BCUT2D eigenvalue weighted by atomic mass is 32.2. The summed E-state index contributed by atoms with van der Waals surface area (Å²) < 4.78 is 81.8. The van der Waals surface area contributed by atoms with Crippen LogP contribution in [0.25, 0.3) is 0 Å². The Labute approximate surface area is 545 Å². The van der Waals surface area contributed by atoms with Crippen LogP contribution >= 0.6 is 11.8 Å². The highest BCUT2D eigenvalue weighted by Gasteiger charge is 2.61. The van der Waals surface area contributed by atoms with Crippen molar-refractivity contribution in [3.63, 3.8) is 0 Å². The van der Waals surface area contributed by atoms with Gasteiger partial charge in [0.2, 0.25) is 11.8 Å². The number of piperidine rings is 1. The molecular weight excluding hydrogens is 1310 g/mol. The zero-order valence-electron chi connectivity index (χ0n) is 51.6. The Morgan fingerprint density at radius 1 is 0.347 bits per heavy atom. The minimum Gasteiger partial charge on any atom is -0.394 e. The molecule has 0 aromatic rings. The fraction of sp³-hybridized carbons (Fsp3) is 0.964. The van der Waals surface area contributed by atoms with Crippen molar-refractivity contribution < 1.29 is 183 Å². The molecule has 36 atom stereocenters. The summed E-state index contributed by atoms with van der Waals surface area (Å²) in [5.41, 5.74) is -2.00. The number of thioether (sulfide) groups is 1. The number of amides is 2. The van der Waals surface area contributed by atoms with Gasteiger partial charge in [-0.25, -0.2) is 0 Å². The molecule has 14 bridgehead atoms. The summed E-state index contributed by atoms with van der Waals surface area (Å²) in [7, 11) is 0. The second-order valence-electron chi connectivity index (χ2n) is 26.6. The topological polar surface area (TPSA) is 594 Å². The van der Waals surface area contributed by atoms with Gasteiger partial charge in [-0.1, -0.05) is 0 Å². The Balaban J connectivity index is 0.945. The number of nitrogens with zero attached hydrogens (tertiary/aromatic N) is 2. The lowest BCUT2D eigenvalue weighted by Gasteiger charge is -2.51. The summed E-state index contributed by atoms with van der Waals surface area (Å²) in [6.45, 7) is 0.230. The predicted octanol–water partition coefficient (Wildman–Crippen LogP) is -13.0. The van der Waals surface area contributed by atoms with E-state index >= 15 is 0 Å². The molecule has 39 nitrogen and oxygen atoms in total. The van der Waals surface area contributed by atoms with Crippen molar-refractivity contribution in [2.45, 2.75) is 284 Å². The number of likely N-dealkylation sites (tertiary alicyclic amines) is 1. The van der Waals surface area contributed by atoms with Crippen LogP contribution in [0.3, 0.4) is 0 Å². The number of hydroxylamine groups is 2. The number of rotatable bonds is 10. The molecule has 0 aromatic heterocycles. The third-order valence-corrected chi connectivity index (χ3v) is 20.4. The molecule has 1 unspecified atom stereocenters. The highest BCUT2D eigenvalue weighted by molar-refractivity contribution is 8.00. The van der Waals surface area contributed by atoms with Crippen LogP contribution in [-0.4, -0.2) is 407 Å². The fourth-order valence-electron chi connectivity index (χ4n) is 14.1. The molecule has 2 amide bonds. The largest absolute Gasteiger partial charge is 0.394 e. The Morgan fingerprint density at radius 2 is 0.558 bits per heavy atom. The van der Waals surface area contributed by atoms with Crippen molar-refractivity contribution in [3.05, 3.63) is 0 Å². The quantitative estimate of drug-likeness (QED) is 0.0903. The number of hydrogen-bond donors (Lipinski definition) is 20. The predicted molar refractivity (Wildman–Crippen MR) is 298 cm³/mol. The van der Waals surface area contributed by atoms with Gasteiger partial charge in [0.05, 0.1) is 51.0 Å². The lowest BCUT2D eigenvalue weighted by molar-refractivity contribution is -0.396. The standard InChI is InChI=1S/C55H89N2O37S/c1-54(2)6-15(7-55(3,4)57(54)80)56-24(64)5-23(46(56)79)95-14-22-45-31(71)38(78)53(87-22)93-44-21(13-63)85-51(36(76)29(44)69)91-42-19(11-61)83-49(34(74)27(42)67)89-40-17(9-59)81-47(32(72)25(40)65)88-39-16(8-58)82-48(33(73)26(39)66)90-41-18(10-60)84-50(35(75)28(41)68)92-43-20(12-62)86-52(94-45)37(77)30(43)70/h15-23,25-45,47-53,58-63,65-78H,5-14H2,1-4H3/t16-,17+,18-,19+,20-,21+,22-,23?,25+,26+,27+,28+,29-,30+,31+,32+,33+,34-,35+,36-,37+,38+,39+,40+,41+,42+,43+,44+,45+,47+,48+,49+,50+,51+,52+,53+/m0/s1. The van der Waals surface area contributed by atoms with Crippen LogP contribution in [0.5, 0.6) is 0 Å². The summed E-state index contributed by atoms with van der Waals surface area (Å²) in [4.78, 5) is 29.2. The van der Waals surface area contributed by atoms with Crippen molar-refractivity contribution in [1.29, 1.82) is 0 Å². The van der Waals surface area contributed by atoms with Gasteiger partial charge in [-0.3, -0.25) is 14.5 Å². The Kier molecular flexibility index (Phi) is 24.3. The summed E-state index contributed by atoms with van der Waals surface area (Å²) in [5.74, 6) is -1.70. The number of aliphatic hydroxyl groups is 20. The van der Waals surface area contributed by atoms with Crippen LogP contribution in [-0.2, 0) is 81.1 Å². The molecule has 23 fully saturated rings. The van der Waals surface area contributed by atoms with E-state index in [1.807, 2.05) is 0 Å². The molecule has 23 aliphatic rings. The molecular formula is C55H89N2O37S. The van der Waals surface area contributed by atoms with Crippen LogP contribution < -0.4 is 0 Å². The van der Waals surface area contributed by atoms with Gasteiger partial charge in [-0.2, -0.15) is 0 Å². The van der Waals surface area contributed by atoms with Crippen molar-refractivity contribution in [1.82, 2.24) is 9.96 Å². The first-order valence-corrected chi connectivity index (χ1v) is 32.2. The number of aliphatic hydroxyl groups excluding tert-OH is 20. The molecule has 23 heterocycles. The maximum atomic E-state index is 14.3. The second-order valence-corrected chi connectivity index (χ2v) is 27.8. The maximum Gasteiger partial charge on any atom is 0.243 e. The van der Waals surface area contributed by atoms with Crippen LogP contribution in [0.1, 0.15) is 47.0 Å². The lowest BCUT2D eigenvalue weighted by atomic mass is 9.78. The van der Waals surface area contributed by atoms with Gasteiger partial charge in [0.25, 0.3) is 0 Å². The molecule has 0 spiro atoms. The fourth-order valence-corrected chi connectivity index (χ4v) is 15.3. The van der Waals surface area contributed by atoms with Crippen LogP contribution in [0.4, 0.5) is 0 Å². The van der Waals surface area contributed by atoms with Gasteiger partial charge in [-0.15, -0.1) is 22.0 Å².